The molecule has 1 saturated heterocycles. The summed E-state index contributed by atoms with van der Waals surface area (Å²) in [7, 11) is 0. The van der Waals surface area contributed by atoms with Crippen LogP contribution in [0.1, 0.15) is 60.9 Å². The smallest absolute Gasteiger partial charge is 0.221 e. The van der Waals surface area contributed by atoms with E-state index in [1.165, 1.54) is 17.5 Å². The molecule has 3 N–H and O–H groups in total. The molecule has 2 heterocycles. The molecule has 2 aromatic carbocycles. The molecule has 1 amide bonds. The van der Waals surface area contributed by atoms with Crippen LogP contribution in [0.3, 0.4) is 0 Å². The van der Waals surface area contributed by atoms with Gasteiger partial charge in [0.15, 0.2) is 11.6 Å². The van der Waals surface area contributed by atoms with Crippen molar-refractivity contribution in [2.24, 2.45) is 5.73 Å². The number of amides is 1. The molecule has 0 spiro atoms. The summed E-state index contributed by atoms with van der Waals surface area (Å²) in [4.78, 5) is 21.5. The zero-order valence-corrected chi connectivity index (χ0v) is 19.1. The van der Waals surface area contributed by atoms with Gasteiger partial charge < -0.3 is 16.0 Å². The molecule has 6 nitrogen and oxygen atoms in total. The Balaban J connectivity index is 1.48. The Labute approximate surface area is 194 Å². The Morgan fingerprint density at radius 1 is 1.12 bits per heavy atom. The molecule has 172 valence electrons. The van der Waals surface area contributed by atoms with Gasteiger partial charge in [0.25, 0.3) is 0 Å². The van der Waals surface area contributed by atoms with E-state index in [1.54, 1.807) is 0 Å². The number of hydrogen-bond acceptors (Lipinski definition) is 5. The van der Waals surface area contributed by atoms with Gasteiger partial charge >= 0.3 is 0 Å². The van der Waals surface area contributed by atoms with Crippen molar-refractivity contribution in [1.82, 2.24) is 9.97 Å². The van der Waals surface area contributed by atoms with Crippen molar-refractivity contribution >= 4 is 17.5 Å². The monoisotopic (exact) mass is 447 g/mol. The minimum atomic E-state index is -0.437. The SMILES string of the molecule is CC(C)c1ccc(C2CCCN2c2ncnc(NCc3ccc(CC(N)=O)cc3)c2F)cc1. The molecular weight excluding hydrogens is 417 g/mol. The standard InChI is InChI=1S/C26H30FN5O/c1-17(2)20-9-11-21(12-10-20)22-4-3-13-32(22)26-24(27)25(30-16-31-26)29-15-19-7-5-18(6-8-19)14-23(28)33/h5-12,16-17,22H,3-4,13-15H2,1-2H3,(H2,28,33)(H,29,30,31). The van der Waals surface area contributed by atoms with E-state index >= 15 is 4.39 Å². The van der Waals surface area contributed by atoms with Crippen molar-refractivity contribution in [2.75, 3.05) is 16.8 Å². The molecule has 4 rings (SSSR count). The number of nitrogens with two attached hydrogens (primary N) is 1. The molecule has 1 aliphatic heterocycles. The van der Waals surface area contributed by atoms with Gasteiger partial charge in [0.2, 0.25) is 11.7 Å². The summed E-state index contributed by atoms with van der Waals surface area (Å²) in [5, 5.41) is 3.08. The lowest BCUT2D eigenvalue weighted by atomic mass is 9.98. The van der Waals surface area contributed by atoms with Gasteiger partial charge in [0.1, 0.15) is 6.33 Å². The van der Waals surface area contributed by atoms with Crippen LogP contribution in [0.25, 0.3) is 0 Å². The summed E-state index contributed by atoms with van der Waals surface area (Å²) in [6.45, 7) is 5.52. The van der Waals surface area contributed by atoms with Crippen LogP contribution in [0.4, 0.5) is 16.0 Å². The Hall–Kier alpha value is -3.48. The maximum absolute atomic E-state index is 15.4. The average Bonchev–Trinajstić information content (AvgIpc) is 3.29. The number of benzene rings is 2. The van der Waals surface area contributed by atoms with E-state index in [-0.39, 0.29) is 24.2 Å². The molecule has 7 heteroatoms. The zero-order valence-electron chi connectivity index (χ0n) is 19.1. The highest BCUT2D eigenvalue weighted by Crippen LogP contribution is 2.37. The molecular formula is C26H30FN5O. The minimum Gasteiger partial charge on any atom is -0.369 e. The molecule has 0 radical (unpaired) electrons. The number of carbonyl (C=O) groups is 1. The average molecular weight is 448 g/mol. The van der Waals surface area contributed by atoms with Gasteiger partial charge in [0, 0.05) is 13.1 Å². The molecule has 0 saturated carbocycles. The van der Waals surface area contributed by atoms with E-state index in [1.807, 2.05) is 29.2 Å². The first-order valence-electron chi connectivity index (χ1n) is 11.4. The number of rotatable bonds is 8. The van der Waals surface area contributed by atoms with Gasteiger partial charge in [-0.1, -0.05) is 62.4 Å². The fourth-order valence-electron chi connectivity index (χ4n) is 4.32. The molecule has 0 bridgehead atoms. The van der Waals surface area contributed by atoms with Crippen molar-refractivity contribution in [1.29, 1.82) is 0 Å². The van der Waals surface area contributed by atoms with E-state index in [2.05, 4.69) is 53.4 Å². The number of anilines is 2. The first-order chi connectivity index (χ1) is 15.9. The van der Waals surface area contributed by atoms with E-state index in [9.17, 15) is 4.79 Å². The highest BCUT2D eigenvalue weighted by molar-refractivity contribution is 5.76. The largest absolute Gasteiger partial charge is 0.369 e. The molecule has 1 unspecified atom stereocenters. The first kappa shape index (κ1) is 22.7. The Morgan fingerprint density at radius 2 is 1.82 bits per heavy atom. The highest BCUT2D eigenvalue weighted by atomic mass is 19.1. The number of aromatic nitrogens is 2. The molecule has 3 aromatic rings. The molecule has 33 heavy (non-hydrogen) atoms. The van der Waals surface area contributed by atoms with Crippen molar-refractivity contribution < 1.29 is 9.18 Å². The third kappa shape index (κ3) is 5.30. The van der Waals surface area contributed by atoms with Crippen LogP contribution < -0.4 is 16.0 Å². The van der Waals surface area contributed by atoms with Gasteiger partial charge in [-0.3, -0.25) is 4.79 Å². The van der Waals surface area contributed by atoms with E-state index in [4.69, 9.17) is 5.73 Å². The summed E-state index contributed by atoms with van der Waals surface area (Å²) in [5.41, 5.74) is 9.51. The van der Waals surface area contributed by atoms with Crippen LogP contribution in [0, 0.1) is 5.82 Å². The normalized spacial score (nSPS) is 15.8. The number of primary amides is 1. The quantitative estimate of drug-likeness (QED) is 0.522. The first-order valence-corrected chi connectivity index (χ1v) is 11.4. The molecule has 1 aromatic heterocycles. The second kappa shape index (κ2) is 9.98. The van der Waals surface area contributed by atoms with Gasteiger partial charge in [0.05, 0.1) is 12.5 Å². The number of hydrogen-bond donors (Lipinski definition) is 2. The fraction of sp³-hybridized carbons (Fsp3) is 0.346. The number of halogens is 1. The second-order valence-corrected chi connectivity index (χ2v) is 8.85. The third-order valence-corrected chi connectivity index (χ3v) is 6.15. The third-order valence-electron chi connectivity index (χ3n) is 6.15. The lowest BCUT2D eigenvalue weighted by molar-refractivity contribution is -0.117. The van der Waals surface area contributed by atoms with Crippen LogP contribution in [0.2, 0.25) is 0 Å². The summed E-state index contributed by atoms with van der Waals surface area (Å²) in [5.74, 6) is 0.189. The Kier molecular flexibility index (Phi) is 6.87. The molecule has 0 aliphatic carbocycles. The fourth-order valence-corrected chi connectivity index (χ4v) is 4.32. The van der Waals surface area contributed by atoms with Crippen LogP contribution in [0.5, 0.6) is 0 Å². The summed E-state index contributed by atoms with van der Waals surface area (Å²) < 4.78 is 15.4. The summed E-state index contributed by atoms with van der Waals surface area (Å²) in [6.07, 6.45) is 3.56. The Bertz CT molecular complexity index is 1100. The van der Waals surface area contributed by atoms with Crippen LogP contribution in [-0.2, 0) is 17.8 Å². The van der Waals surface area contributed by atoms with E-state index in [0.29, 0.717) is 18.3 Å². The number of nitrogens with zero attached hydrogens (tertiary/aromatic N) is 3. The summed E-state index contributed by atoms with van der Waals surface area (Å²) >= 11 is 0. The van der Waals surface area contributed by atoms with Crippen LogP contribution in [-0.4, -0.2) is 22.4 Å². The summed E-state index contributed by atoms with van der Waals surface area (Å²) in [6, 6.07) is 16.2. The van der Waals surface area contributed by atoms with Crippen molar-refractivity contribution in [3.63, 3.8) is 0 Å². The maximum Gasteiger partial charge on any atom is 0.221 e. The van der Waals surface area contributed by atoms with Crippen LogP contribution >= 0.6 is 0 Å². The zero-order chi connectivity index (χ0) is 23.4. The predicted molar refractivity (Wildman–Crippen MR) is 129 cm³/mol. The Morgan fingerprint density at radius 3 is 2.48 bits per heavy atom. The molecule has 1 fully saturated rings. The number of carbonyl (C=O) groups excluding carboxylic acids is 1. The minimum absolute atomic E-state index is 0.0984. The van der Waals surface area contributed by atoms with E-state index < -0.39 is 5.82 Å². The van der Waals surface area contributed by atoms with Gasteiger partial charge in [-0.25, -0.2) is 9.97 Å². The number of nitrogens with one attached hydrogen (secondary N) is 1. The lowest BCUT2D eigenvalue weighted by Gasteiger charge is -2.27. The van der Waals surface area contributed by atoms with Crippen molar-refractivity contribution in [3.8, 4) is 0 Å². The van der Waals surface area contributed by atoms with Gasteiger partial charge in [-0.15, -0.1) is 0 Å². The molecule has 1 atom stereocenters. The topological polar surface area (TPSA) is 84.1 Å². The van der Waals surface area contributed by atoms with Crippen LogP contribution in [0.15, 0.2) is 54.9 Å². The predicted octanol–water partition coefficient (Wildman–Crippen LogP) is 4.72. The second-order valence-electron chi connectivity index (χ2n) is 8.85. The molecule has 1 aliphatic rings. The van der Waals surface area contributed by atoms with Crippen molar-refractivity contribution in [3.05, 3.63) is 82.9 Å². The van der Waals surface area contributed by atoms with E-state index in [0.717, 1.165) is 30.5 Å². The lowest BCUT2D eigenvalue weighted by Crippen LogP contribution is -2.25. The van der Waals surface area contributed by atoms with Crippen molar-refractivity contribution in [2.45, 2.75) is 51.6 Å². The highest BCUT2D eigenvalue weighted by Gasteiger charge is 2.30. The maximum atomic E-state index is 15.4. The van der Waals surface area contributed by atoms with Gasteiger partial charge in [-0.05, 0) is 41.0 Å². The van der Waals surface area contributed by atoms with Gasteiger partial charge in [-0.2, -0.15) is 4.39 Å².